The molecule has 3 heterocycles. The summed E-state index contributed by atoms with van der Waals surface area (Å²) in [6.45, 7) is 5.44. The molecule has 5 rings (SSSR count). The molecule has 38 heavy (non-hydrogen) atoms. The molecule has 0 radical (unpaired) electrons. The minimum atomic E-state index is -3.32. The average Bonchev–Trinajstić information content (AvgIpc) is 3.56. The molecule has 2 aliphatic rings. The molecule has 0 amide bonds. The van der Waals surface area contributed by atoms with Crippen molar-refractivity contribution in [2.24, 2.45) is 5.92 Å². The number of anilines is 2. The van der Waals surface area contributed by atoms with E-state index in [4.69, 9.17) is 14.7 Å². The number of aryl methyl sites for hydroxylation is 1. The van der Waals surface area contributed by atoms with Crippen molar-refractivity contribution < 1.29 is 23.4 Å². The number of ether oxygens (including phenoxy) is 1. The van der Waals surface area contributed by atoms with E-state index < -0.39 is 34.0 Å². The molecule has 11 nitrogen and oxygen atoms in total. The van der Waals surface area contributed by atoms with E-state index in [1.54, 1.807) is 0 Å². The Bertz CT molecular complexity index is 1410. The van der Waals surface area contributed by atoms with E-state index in [1.165, 1.54) is 11.3 Å². The fourth-order valence-corrected chi connectivity index (χ4v) is 7.20. The highest BCUT2D eigenvalue weighted by atomic mass is 32.2. The summed E-state index contributed by atoms with van der Waals surface area (Å²) in [5.74, 6) is 0.533. The number of hydrogen-bond acceptors (Lipinski definition) is 12. The Hall–Kier alpha value is -2.45. The van der Waals surface area contributed by atoms with Gasteiger partial charge in [-0.1, -0.05) is 0 Å². The van der Waals surface area contributed by atoms with Crippen molar-refractivity contribution in [3.63, 3.8) is 0 Å². The fraction of sp³-hybridized carbons (Fsp3) is 0.600. The first-order valence-electron chi connectivity index (χ1n) is 12.9. The largest absolute Gasteiger partial charge is 0.390 e. The van der Waals surface area contributed by atoms with E-state index in [2.05, 4.69) is 20.6 Å². The number of thiazole rings is 1. The van der Waals surface area contributed by atoms with Crippen LogP contribution in [0, 0.1) is 12.8 Å². The lowest BCUT2D eigenvalue weighted by molar-refractivity contribution is 0.0216. The van der Waals surface area contributed by atoms with Gasteiger partial charge in [0.2, 0.25) is 5.95 Å². The summed E-state index contributed by atoms with van der Waals surface area (Å²) in [6, 6.07) is 1.36. The third-order valence-corrected chi connectivity index (χ3v) is 9.05. The monoisotopic (exact) mass is 562 g/mol. The van der Waals surface area contributed by atoms with Crippen LogP contribution in [-0.4, -0.2) is 88.6 Å². The van der Waals surface area contributed by atoms with Gasteiger partial charge in [-0.3, -0.25) is 4.98 Å². The Morgan fingerprint density at radius 1 is 1.18 bits per heavy atom. The maximum Gasteiger partial charge on any atom is 0.224 e. The van der Waals surface area contributed by atoms with Gasteiger partial charge in [-0.15, -0.1) is 11.3 Å². The number of rotatable bonds is 11. The van der Waals surface area contributed by atoms with Crippen molar-refractivity contribution in [3.05, 3.63) is 23.7 Å². The minimum absolute atomic E-state index is 0.196. The number of pyridine rings is 1. The molecule has 13 heteroatoms. The van der Waals surface area contributed by atoms with Crippen molar-refractivity contribution in [3.8, 4) is 10.6 Å². The Labute approximate surface area is 226 Å². The lowest BCUT2D eigenvalue weighted by Crippen LogP contribution is -2.36. The predicted molar refractivity (Wildman–Crippen MR) is 147 cm³/mol. The van der Waals surface area contributed by atoms with Crippen LogP contribution >= 0.6 is 11.3 Å². The summed E-state index contributed by atoms with van der Waals surface area (Å²) in [4.78, 5) is 18.9. The third kappa shape index (κ3) is 5.91. The number of aliphatic hydroxyl groups is 2. The average molecular weight is 563 g/mol. The number of sulfone groups is 1. The van der Waals surface area contributed by atoms with Crippen LogP contribution in [0.4, 0.5) is 11.8 Å². The predicted octanol–water partition coefficient (Wildman–Crippen LogP) is 2.35. The van der Waals surface area contributed by atoms with E-state index >= 15 is 0 Å². The van der Waals surface area contributed by atoms with Crippen LogP contribution < -0.4 is 10.6 Å². The van der Waals surface area contributed by atoms with Crippen molar-refractivity contribution in [2.45, 2.75) is 57.3 Å². The normalized spacial score (nSPS) is 23.7. The zero-order chi connectivity index (χ0) is 27.0. The highest BCUT2D eigenvalue weighted by molar-refractivity contribution is 7.90. The first-order valence-corrected chi connectivity index (χ1v) is 15.8. The number of fused-ring (bicyclic) bond motifs is 1. The number of nitrogens with one attached hydrogen (secondary N) is 2. The van der Waals surface area contributed by atoms with Crippen LogP contribution in [0.15, 0.2) is 12.3 Å². The molecule has 0 unspecified atom stereocenters. The van der Waals surface area contributed by atoms with Crippen LogP contribution in [0.25, 0.3) is 20.8 Å². The molecule has 2 aliphatic carbocycles. The van der Waals surface area contributed by atoms with Gasteiger partial charge in [0.25, 0.3) is 0 Å². The molecule has 206 valence electrons. The molecule has 0 aromatic carbocycles. The summed E-state index contributed by atoms with van der Waals surface area (Å²) >= 11 is 1.53. The van der Waals surface area contributed by atoms with E-state index in [-0.39, 0.29) is 12.2 Å². The molecular weight excluding hydrogens is 528 g/mol. The van der Waals surface area contributed by atoms with Gasteiger partial charge >= 0.3 is 0 Å². The Morgan fingerprint density at radius 3 is 2.68 bits per heavy atom. The molecule has 4 N–H and O–H groups in total. The SMILES string of the molecule is CCOCCNc1nc(C)c(-c2nc3c(C4CC4)nccc3s2)c(N[C@@H]2C[C@H](CS(C)(=O)=O)[C@@H](O)[C@H]2O)n1. The van der Waals surface area contributed by atoms with Crippen molar-refractivity contribution >= 4 is 43.2 Å². The summed E-state index contributed by atoms with van der Waals surface area (Å²) in [6.07, 6.45) is 3.16. The second-order valence-corrected chi connectivity index (χ2v) is 13.4. The minimum Gasteiger partial charge on any atom is -0.390 e. The first kappa shape index (κ1) is 27.1. The standard InChI is InChI=1S/C25H34N6O5S2/c1-4-36-10-9-27-25-28-13(2)18(24-30-20-17(37-24)7-8-26-19(20)14-5-6-14)23(31-25)29-16-11-15(12-38(3,34)35)21(32)22(16)33/h7-8,14-16,21-22,32-33H,4-6,9-12H2,1-3H3,(H2,27,28,29,31)/t15-,16-,21-,22+/m1/s1. The second-order valence-electron chi connectivity index (χ2n) is 10.1. The van der Waals surface area contributed by atoms with Gasteiger partial charge in [0.05, 0.1) is 46.2 Å². The second kappa shape index (κ2) is 11.0. The molecular formula is C25H34N6O5S2. The smallest absolute Gasteiger partial charge is 0.224 e. The zero-order valence-electron chi connectivity index (χ0n) is 21.7. The van der Waals surface area contributed by atoms with Crippen LogP contribution in [0.3, 0.4) is 0 Å². The molecule has 3 aromatic rings. The van der Waals surface area contributed by atoms with Crippen LogP contribution in [0.1, 0.15) is 43.5 Å². The number of aliphatic hydroxyl groups excluding tert-OH is 2. The molecule has 0 aliphatic heterocycles. The van der Waals surface area contributed by atoms with Gasteiger partial charge < -0.3 is 25.6 Å². The maximum absolute atomic E-state index is 11.9. The molecule has 0 saturated heterocycles. The van der Waals surface area contributed by atoms with E-state index in [0.29, 0.717) is 48.7 Å². The van der Waals surface area contributed by atoms with Crippen LogP contribution in [0.2, 0.25) is 0 Å². The van der Waals surface area contributed by atoms with Gasteiger partial charge in [-0.25, -0.2) is 18.4 Å². The van der Waals surface area contributed by atoms with Gasteiger partial charge in [-0.05, 0) is 39.2 Å². The molecule has 2 saturated carbocycles. The summed E-state index contributed by atoms with van der Waals surface area (Å²) in [7, 11) is -3.32. The Balaban J connectivity index is 1.50. The molecule has 4 atom stereocenters. The lowest BCUT2D eigenvalue weighted by atomic mass is 10.1. The topological polar surface area (TPSA) is 159 Å². The highest BCUT2D eigenvalue weighted by Gasteiger charge is 2.43. The van der Waals surface area contributed by atoms with Crippen LogP contribution in [0.5, 0.6) is 0 Å². The Kier molecular flexibility index (Phi) is 7.83. The number of nitrogens with zero attached hydrogens (tertiary/aromatic N) is 4. The molecule has 2 fully saturated rings. The van der Waals surface area contributed by atoms with E-state index in [9.17, 15) is 18.6 Å². The fourth-order valence-electron chi connectivity index (χ4n) is 5.03. The third-order valence-electron chi connectivity index (χ3n) is 6.98. The number of aromatic nitrogens is 4. The highest BCUT2D eigenvalue weighted by Crippen LogP contribution is 2.44. The quantitative estimate of drug-likeness (QED) is 0.254. The van der Waals surface area contributed by atoms with E-state index in [1.807, 2.05) is 26.1 Å². The van der Waals surface area contributed by atoms with E-state index in [0.717, 1.165) is 40.0 Å². The Morgan fingerprint density at radius 2 is 1.97 bits per heavy atom. The molecule has 3 aromatic heterocycles. The van der Waals surface area contributed by atoms with Crippen molar-refractivity contribution in [1.29, 1.82) is 0 Å². The summed E-state index contributed by atoms with van der Waals surface area (Å²) in [5.41, 5.74) is 3.31. The maximum atomic E-state index is 11.9. The van der Waals surface area contributed by atoms with Crippen molar-refractivity contribution in [2.75, 3.05) is 42.4 Å². The van der Waals surface area contributed by atoms with Crippen molar-refractivity contribution in [1.82, 2.24) is 19.9 Å². The van der Waals surface area contributed by atoms with Gasteiger partial charge in [-0.2, -0.15) is 4.98 Å². The van der Waals surface area contributed by atoms with Gasteiger partial charge in [0.1, 0.15) is 32.3 Å². The van der Waals surface area contributed by atoms with Crippen LogP contribution in [-0.2, 0) is 14.6 Å². The van der Waals surface area contributed by atoms with Gasteiger partial charge in [0, 0.05) is 37.4 Å². The lowest BCUT2D eigenvalue weighted by Gasteiger charge is -2.21. The molecule has 0 spiro atoms. The summed E-state index contributed by atoms with van der Waals surface area (Å²) < 4.78 is 30.2. The first-order chi connectivity index (χ1) is 18.1. The van der Waals surface area contributed by atoms with Gasteiger partial charge in [0.15, 0.2) is 0 Å². The molecule has 0 bridgehead atoms. The summed E-state index contributed by atoms with van der Waals surface area (Å²) in [5, 5.41) is 28.6. The zero-order valence-corrected chi connectivity index (χ0v) is 23.3. The number of hydrogen-bond donors (Lipinski definition) is 4.